The molecule has 4 nitrogen and oxygen atoms in total. The second kappa shape index (κ2) is 5.68. The molecule has 0 fully saturated rings. The minimum atomic E-state index is -4.51. The predicted octanol–water partition coefficient (Wildman–Crippen LogP) is 2.83. The summed E-state index contributed by atoms with van der Waals surface area (Å²) in [5, 5.41) is 0. The first-order valence-corrected chi connectivity index (χ1v) is 7.28. The standard InChI is InChI=1S/C11H15F3N2O2S/c1-2-3-6-19(17,18)16-10-5-4-8(7-9(10)15)11(12,13)14/h4-5,7,16H,2-3,6,15H2,1H3. The molecule has 0 bridgehead atoms. The Morgan fingerprint density at radius 3 is 2.42 bits per heavy atom. The first-order chi connectivity index (χ1) is 8.65. The molecule has 108 valence electrons. The Balaban J connectivity index is 2.92. The van der Waals surface area contributed by atoms with Crippen molar-refractivity contribution >= 4 is 21.4 Å². The van der Waals surface area contributed by atoms with E-state index in [0.717, 1.165) is 12.1 Å². The molecule has 3 N–H and O–H groups in total. The van der Waals surface area contributed by atoms with E-state index in [1.165, 1.54) is 0 Å². The number of sulfonamides is 1. The maximum atomic E-state index is 12.4. The van der Waals surface area contributed by atoms with Gasteiger partial charge >= 0.3 is 6.18 Å². The first-order valence-electron chi connectivity index (χ1n) is 5.63. The van der Waals surface area contributed by atoms with Crippen LogP contribution in [0.2, 0.25) is 0 Å². The number of alkyl halides is 3. The average molecular weight is 296 g/mol. The van der Waals surface area contributed by atoms with Gasteiger partial charge in [-0.05, 0) is 24.6 Å². The van der Waals surface area contributed by atoms with Gasteiger partial charge in [-0.25, -0.2) is 8.42 Å². The summed E-state index contributed by atoms with van der Waals surface area (Å²) in [6.07, 6.45) is -3.34. The number of hydrogen-bond donors (Lipinski definition) is 2. The van der Waals surface area contributed by atoms with Crippen LogP contribution >= 0.6 is 0 Å². The highest BCUT2D eigenvalue weighted by Gasteiger charge is 2.31. The van der Waals surface area contributed by atoms with E-state index in [4.69, 9.17) is 5.73 Å². The van der Waals surface area contributed by atoms with E-state index in [2.05, 4.69) is 4.72 Å². The van der Waals surface area contributed by atoms with Crippen molar-refractivity contribution in [2.45, 2.75) is 25.9 Å². The van der Waals surface area contributed by atoms with E-state index in [-0.39, 0.29) is 17.1 Å². The molecule has 1 aromatic rings. The smallest absolute Gasteiger partial charge is 0.397 e. The lowest BCUT2D eigenvalue weighted by molar-refractivity contribution is -0.137. The van der Waals surface area contributed by atoms with Crippen molar-refractivity contribution < 1.29 is 21.6 Å². The van der Waals surface area contributed by atoms with Crippen molar-refractivity contribution in [3.8, 4) is 0 Å². The van der Waals surface area contributed by atoms with Gasteiger partial charge in [0.25, 0.3) is 0 Å². The molecule has 0 aliphatic heterocycles. The number of nitrogen functional groups attached to an aromatic ring is 1. The molecule has 0 saturated carbocycles. The first kappa shape index (κ1) is 15.6. The van der Waals surface area contributed by atoms with Crippen molar-refractivity contribution in [3.05, 3.63) is 23.8 Å². The van der Waals surface area contributed by atoms with E-state index in [9.17, 15) is 21.6 Å². The Morgan fingerprint density at radius 1 is 1.32 bits per heavy atom. The molecule has 0 aliphatic rings. The second-order valence-electron chi connectivity index (χ2n) is 4.07. The zero-order chi connectivity index (χ0) is 14.7. The number of halogens is 3. The monoisotopic (exact) mass is 296 g/mol. The number of rotatable bonds is 5. The minimum absolute atomic E-state index is 0.0379. The molecule has 0 radical (unpaired) electrons. The van der Waals surface area contributed by atoms with Crippen LogP contribution in [0.4, 0.5) is 24.5 Å². The van der Waals surface area contributed by atoms with Gasteiger partial charge in [0, 0.05) is 0 Å². The Bertz CT molecular complexity index is 541. The van der Waals surface area contributed by atoms with Gasteiger partial charge < -0.3 is 5.73 Å². The molecule has 0 spiro atoms. The van der Waals surface area contributed by atoms with Crippen molar-refractivity contribution in [1.82, 2.24) is 0 Å². The number of nitrogens with two attached hydrogens (primary N) is 1. The molecular formula is C11H15F3N2O2S. The normalized spacial score (nSPS) is 12.4. The highest BCUT2D eigenvalue weighted by Crippen LogP contribution is 2.33. The third kappa shape index (κ3) is 4.62. The van der Waals surface area contributed by atoms with Gasteiger partial charge in [-0.15, -0.1) is 0 Å². The summed E-state index contributed by atoms with van der Waals surface area (Å²) in [6, 6.07) is 2.51. The van der Waals surface area contributed by atoms with Crippen LogP contribution in [0.3, 0.4) is 0 Å². The van der Waals surface area contributed by atoms with Crippen LogP contribution in [-0.4, -0.2) is 14.2 Å². The number of hydrogen-bond acceptors (Lipinski definition) is 3. The summed E-state index contributed by atoms with van der Waals surface area (Å²) in [6.45, 7) is 1.84. The Kier molecular flexibility index (Phi) is 4.67. The largest absolute Gasteiger partial charge is 0.416 e. The maximum Gasteiger partial charge on any atom is 0.416 e. The molecule has 8 heteroatoms. The van der Waals surface area contributed by atoms with Gasteiger partial charge in [0.1, 0.15) is 0 Å². The molecule has 0 amide bonds. The van der Waals surface area contributed by atoms with Crippen molar-refractivity contribution in [2.75, 3.05) is 16.2 Å². The lowest BCUT2D eigenvalue weighted by Gasteiger charge is -2.12. The van der Waals surface area contributed by atoms with Crippen LogP contribution in [-0.2, 0) is 16.2 Å². The van der Waals surface area contributed by atoms with E-state index < -0.39 is 21.8 Å². The van der Waals surface area contributed by atoms with Gasteiger partial charge in [0.15, 0.2) is 0 Å². The van der Waals surface area contributed by atoms with Crippen LogP contribution in [0.1, 0.15) is 25.3 Å². The summed E-state index contributed by atoms with van der Waals surface area (Å²) in [4.78, 5) is 0. The van der Waals surface area contributed by atoms with Crippen molar-refractivity contribution in [1.29, 1.82) is 0 Å². The summed E-state index contributed by atoms with van der Waals surface area (Å²) >= 11 is 0. The fourth-order valence-corrected chi connectivity index (χ4v) is 2.68. The molecule has 19 heavy (non-hydrogen) atoms. The molecule has 1 rings (SSSR count). The van der Waals surface area contributed by atoms with Crippen LogP contribution in [0, 0.1) is 0 Å². The van der Waals surface area contributed by atoms with Gasteiger partial charge in [-0.2, -0.15) is 13.2 Å². The summed E-state index contributed by atoms with van der Waals surface area (Å²) in [5.41, 5.74) is 4.22. The molecule has 0 saturated heterocycles. The van der Waals surface area contributed by atoms with E-state index in [1.54, 1.807) is 0 Å². The molecule has 1 aromatic carbocycles. The maximum absolute atomic E-state index is 12.4. The quantitative estimate of drug-likeness (QED) is 0.821. The Labute approximate surface area is 109 Å². The highest BCUT2D eigenvalue weighted by atomic mass is 32.2. The summed E-state index contributed by atoms with van der Waals surface area (Å²) < 4.78 is 62.6. The van der Waals surface area contributed by atoms with Crippen LogP contribution in [0.5, 0.6) is 0 Å². The summed E-state index contributed by atoms with van der Waals surface area (Å²) in [5.74, 6) is -0.0933. The summed E-state index contributed by atoms with van der Waals surface area (Å²) in [7, 11) is -3.58. The van der Waals surface area contributed by atoms with E-state index in [0.29, 0.717) is 18.9 Å². The molecule has 0 aliphatic carbocycles. The molecular weight excluding hydrogens is 281 g/mol. The average Bonchev–Trinajstić information content (AvgIpc) is 2.27. The minimum Gasteiger partial charge on any atom is -0.397 e. The highest BCUT2D eigenvalue weighted by molar-refractivity contribution is 7.92. The number of unbranched alkanes of at least 4 members (excludes halogenated alkanes) is 1. The second-order valence-corrected chi connectivity index (χ2v) is 5.92. The Hall–Kier alpha value is -1.44. The van der Waals surface area contributed by atoms with E-state index >= 15 is 0 Å². The number of benzene rings is 1. The molecule has 0 heterocycles. The van der Waals surface area contributed by atoms with Crippen LogP contribution in [0.15, 0.2) is 18.2 Å². The zero-order valence-electron chi connectivity index (χ0n) is 10.3. The van der Waals surface area contributed by atoms with Crippen molar-refractivity contribution in [3.63, 3.8) is 0 Å². The van der Waals surface area contributed by atoms with Gasteiger partial charge in [-0.3, -0.25) is 4.72 Å². The molecule has 0 aromatic heterocycles. The fourth-order valence-electron chi connectivity index (χ4n) is 1.38. The topological polar surface area (TPSA) is 72.2 Å². The lowest BCUT2D eigenvalue weighted by atomic mass is 10.2. The number of anilines is 2. The lowest BCUT2D eigenvalue weighted by Crippen LogP contribution is -2.18. The SMILES string of the molecule is CCCCS(=O)(=O)Nc1ccc(C(F)(F)F)cc1N. The van der Waals surface area contributed by atoms with Gasteiger partial charge in [0.05, 0.1) is 22.7 Å². The predicted molar refractivity (Wildman–Crippen MR) is 68.2 cm³/mol. The van der Waals surface area contributed by atoms with Crippen LogP contribution in [0.25, 0.3) is 0 Å². The van der Waals surface area contributed by atoms with E-state index in [1.807, 2.05) is 6.92 Å². The fraction of sp³-hybridized carbons (Fsp3) is 0.455. The third-order valence-electron chi connectivity index (χ3n) is 2.41. The van der Waals surface area contributed by atoms with Gasteiger partial charge in [-0.1, -0.05) is 13.3 Å². The van der Waals surface area contributed by atoms with Gasteiger partial charge in [0.2, 0.25) is 10.0 Å². The third-order valence-corrected chi connectivity index (χ3v) is 3.77. The number of nitrogens with one attached hydrogen (secondary N) is 1. The Morgan fingerprint density at radius 2 is 1.95 bits per heavy atom. The zero-order valence-corrected chi connectivity index (χ0v) is 11.1. The molecule has 0 unspecified atom stereocenters. The van der Waals surface area contributed by atoms with Crippen LogP contribution < -0.4 is 10.5 Å². The molecule has 0 atom stereocenters. The van der Waals surface area contributed by atoms with Crippen molar-refractivity contribution in [2.24, 2.45) is 0 Å².